The SMILES string of the molecule is Cc1nc(C)nc(-c2cc(-n3c4cc(-c5ccc(C#N)cc5)ccc4c4ccc(-c5ccc(C#N)cc5)cc43)ccc2C#N)n1. The van der Waals surface area contributed by atoms with Crippen molar-refractivity contribution in [2.45, 2.75) is 13.8 Å². The van der Waals surface area contributed by atoms with Crippen molar-refractivity contribution in [1.29, 1.82) is 15.8 Å². The number of nitrogens with zero attached hydrogens (tertiary/aromatic N) is 7. The number of aromatic nitrogens is 4. The summed E-state index contributed by atoms with van der Waals surface area (Å²) in [7, 11) is 0. The zero-order chi connectivity index (χ0) is 31.1. The Hall–Kier alpha value is -6.62. The predicted octanol–water partition coefficient (Wildman–Crippen LogP) is 8.20. The summed E-state index contributed by atoms with van der Waals surface area (Å²) in [5.41, 5.74) is 9.19. The monoisotopic (exact) mass is 577 g/mol. The number of hydrogen-bond acceptors (Lipinski definition) is 6. The maximum Gasteiger partial charge on any atom is 0.164 e. The average Bonchev–Trinajstić information content (AvgIpc) is 3.40. The molecule has 0 saturated heterocycles. The number of rotatable bonds is 4. The van der Waals surface area contributed by atoms with Crippen LogP contribution in [0.1, 0.15) is 28.3 Å². The third kappa shape index (κ3) is 4.83. The molecule has 7 aromatic rings. The van der Waals surface area contributed by atoms with Crippen LogP contribution in [-0.4, -0.2) is 19.5 Å². The Morgan fingerprint density at radius 1 is 0.511 bits per heavy atom. The molecule has 0 saturated carbocycles. The molecule has 7 heteroatoms. The average molecular weight is 578 g/mol. The van der Waals surface area contributed by atoms with Crippen molar-refractivity contribution in [3.63, 3.8) is 0 Å². The minimum absolute atomic E-state index is 0.454. The van der Waals surface area contributed by atoms with Gasteiger partial charge in [-0.3, -0.25) is 0 Å². The van der Waals surface area contributed by atoms with Gasteiger partial charge in [-0.15, -0.1) is 0 Å². The van der Waals surface area contributed by atoms with Crippen molar-refractivity contribution in [2.75, 3.05) is 0 Å². The van der Waals surface area contributed by atoms with Gasteiger partial charge in [-0.25, -0.2) is 15.0 Å². The molecule has 5 aromatic carbocycles. The van der Waals surface area contributed by atoms with Crippen LogP contribution in [0.2, 0.25) is 0 Å². The first kappa shape index (κ1) is 27.2. The fraction of sp³-hybridized carbons (Fsp3) is 0.0526. The molecule has 7 nitrogen and oxygen atoms in total. The van der Waals surface area contributed by atoms with Crippen LogP contribution in [0.15, 0.2) is 103 Å². The maximum atomic E-state index is 10.0. The Morgan fingerprint density at radius 2 is 1.00 bits per heavy atom. The van der Waals surface area contributed by atoms with E-state index < -0.39 is 0 Å². The highest BCUT2D eigenvalue weighted by atomic mass is 15.0. The first-order valence-corrected chi connectivity index (χ1v) is 14.3. The number of fused-ring (bicyclic) bond motifs is 3. The van der Waals surface area contributed by atoms with E-state index in [4.69, 9.17) is 0 Å². The van der Waals surface area contributed by atoms with Gasteiger partial charge in [0.2, 0.25) is 0 Å². The van der Waals surface area contributed by atoms with Crippen LogP contribution in [0.5, 0.6) is 0 Å². The Morgan fingerprint density at radius 3 is 1.47 bits per heavy atom. The first-order chi connectivity index (χ1) is 21.9. The van der Waals surface area contributed by atoms with Gasteiger partial charge < -0.3 is 4.57 Å². The van der Waals surface area contributed by atoms with Crippen molar-refractivity contribution in [3.8, 4) is 57.5 Å². The molecule has 7 rings (SSSR count). The van der Waals surface area contributed by atoms with Crippen molar-refractivity contribution in [2.24, 2.45) is 0 Å². The van der Waals surface area contributed by atoms with E-state index in [1.807, 2.05) is 80.6 Å². The lowest BCUT2D eigenvalue weighted by Crippen LogP contribution is -2.02. The van der Waals surface area contributed by atoms with E-state index in [2.05, 4.69) is 74.1 Å². The zero-order valence-corrected chi connectivity index (χ0v) is 24.4. The van der Waals surface area contributed by atoms with E-state index in [1.54, 1.807) is 0 Å². The summed E-state index contributed by atoms with van der Waals surface area (Å²) in [5, 5.41) is 30.7. The van der Waals surface area contributed by atoms with Gasteiger partial charge in [-0.05, 0) is 90.7 Å². The van der Waals surface area contributed by atoms with Crippen LogP contribution < -0.4 is 0 Å². The lowest BCUT2D eigenvalue weighted by atomic mass is 10.0. The largest absolute Gasteiger partial charge is 0.309 e. The molecule has 0 spiro atoms. The minimum Gasteiger partial charge on any atom is -0.309 e. The number of aryl methyl sites for hydroxylation is 2. The van der Waals surface area contributed by atoms with E-state index >= 15 is 0 Å². The zero-order valence-electron chi connectivity index (χ0n) is 24.4. The molecule has 0 aliphatic carbocycles. The molecule has 45 heavy (non-hydrogen) atoms. The molecule has 0 radical (unpaired) electrons. The molecular weight excluding hydrogens is 554 g/mol. The van der Waals surface area contributed by atoms with Gasteiger partial charge in [-0.2, -0.15) is 15.8 Å². The highest BCUT2D eigenvalue weighted by Gasteiger charge is 2.18. The summed E-state index contributed by atoms with van der Waals surface area (Å²) in [4.78, 5) is 13.5. The molecule has 0 aliphatic heterocycles. The second kappa shape index (κ2) is 10.9. The summed E-state index contributed by atoms with van der Waals surface area (Å²) < 4.78 is 2.20. The molecule has 210 valence electrons. The summed E-state index contributed by atoms with van der Waals surface area (Å²) in [5.74, 6) is 1.63. The quantitative estimate of drug-likeness (QED) is 0.208. The summed E-state index contributed by atoms with van der Waals surface area (Å²) in [6.45, 7) is 3.63. The number of hydrogen-bond donors (Lipinski definition) is 0. The molecule has 0 aliphatic rings. The molecule has 0 amide bonds. The Bertz CT molecular complexity index is 2280. The Kier molecular flexibility index (Phi) is 6.59. The van der Waals surface area contributed by atoms with Crippen molar-refractivity contribution >= 4 is 21.8 Å². The van der Waals surface area contributed by atoms with Crippen LogP contribution >= 0.6 is 0 Å². The van der Waals surface area contributed by atoms with Crippen LogP contribution in [0.3, 0.4) is 0 Å². The van der Waals surface area contributed by atoms with E-state index in [0.29, 0.717) is 39.7 Å². The molecule has 0 atom stereocenters. The van der Waals surface area contributed by atoms with Crippen LogP contribution in [0.25, 0.3) is 61.1 Å². The van der Waals surface area contributed by atoms with E-state index in [1.165, 1.54) is 0 Å². The number of benzene rings is 5. The fourth-order valence-electron chi connectivity index (χ4n) is 5.82. The summed E-state index contributed by atoms with van der Waals surface area (Å²) in [6.07, 6.45) is 0. The molecule has 2 heterocycles. The van der Waals surface area contributed by atoms with Crippen LogP contribution in [0, 0.1) is 47.8 Å². The van der Waals surface area contributed by atoms with Gasteiger partial charge in [0.1, 0.15) is 11.6 Å². The maximum absolute atomic E-state index is 10.0. The summed E-state index contributed by atoms with van der Waals surface area (Å²) in [6, 6.07) is 40.3. The second-order valence-electron chi connectivity index (χ2n) is 10.8. The van der Waals surface area contributed by atoms with Gasteiger partial charge in [-0.1, -0.05) is 48.5 Å². The standard InChI is InChI=1S/C38H23N7/c1-23-42-24(2)44-38(43-23)35-19-32(14-11-31(35)22-41)45-36-17-29(27-7-3-25(20-39)4-8-27)12-15-33(36)34-16-13-30(18-37(34)45)28-9-5-26(21-40)6-10-28/h3-19H,1-2H3. The lowest BCUT2D eigenvalue weighted by Gasteiger charge is -2.13. The molecule has 0 N–H and O–H groups in total. The highest BCUT2D eigenvalue weighted by Crippen LogP contribution is 2.38. The van der Waals surface area contributed by atoms with Gasteiger partial charge in [0.25, 0.3) is 0 Å². The van der Waals surface area contributed by atoms with Crippen molar-refractivity contribution < 1.29 is 0 Å². The predicted molar refractivity (Wildman–Crippen MR) is 174 cm³/mol. The molecule has 0 unspecified atom stereocenters. The smallest absolute Gasteiger partial charge is 0.164 e. The van der Waals surface area contributed by atoms with Crippen molar-refractivity contribution in [3.05, 3.63) is 131 Å². The molecule has 0 bridgehead atoms. The van der Waals surface area contributed by atoms with Crippen molar-refractivity contribution in [1.82, 2.24) is 19.5 Å². The van der Waals surface area contributed by atoms with Crippen LogP contribution in [-0.2, 0) is 0 Å². The van der Waals surface area contributed by atoms with E-state index in [-0.39, 0.29) is 0 Å². The molecule has 2 aromatic heterocycles. The Labute approximate surface area is 259 Å². The van der Waals surface area contributed by atoms with Gasteiger partial charge in [0.05, 0.1) is 45.9 Å². The van der Waals surface area contributed by atoms with Gasteiger partial charge in [0, 0.05) is 22.0 Å². The van der Waals surface area contributed by atoms with Gasteiger partial charge in [0.15, 0.2) is 5.82 Å². The third-order valence-corrected chi connectivity index (χ3v) is 7.94. The van der Waals surface area contributed by atoms with E-state index in [9.17, 15) is 15.8 Å². The third-order valence-electron chi connectivity index (χ3n) is 7.94. The minimum atomic E-state index is 0.454. The first-order valence-electron chi connectivity index (χ1n) is 14.3. The van der Waals surface area contributed by atoms with E-state index in [0.717, 1.165) is 49.7 Å². The molecule has 0 fully saturated rings. The molecular formula is C38H23N7. The Balaban J connectivity index is 1.51. The van der Waals surface area contributed by atoms with Gasteiger partial charge >= 0.3 is 0 Å². The summed E-state index contributed by atoms with van der Waals surface area (Å²) >= 11 is 0. The topological polar surface area (TPSA) is 115 Å². The highest BCUT2D eigenvalue weighted by molar-refractivity contribution is 6.11. The van der Waals surface area contributed by atoms with Crippen LogP contribution in [0.4, 0.5) is 0 Å². The number of nitriles is 3. The fourth-order valence-corrected chi connectivity index (χ4v) is 5.82. The lowest BCUT2D eigenvalue weighted by molar-refractivity contribution is 0.927. The normalized spacial score (nSPS) is 10.8. The second-order valence-corrected chi connectivity index (χ2v) is 10.8.